The lowest BCUT2D eigenvalue weighted by Gasteiger charge is -1.99. The highest BCUT2D eigenvalue weighted by Gasteiger charge is 2.34. The van der Waals surface area contributed by atoms with E-state index >= 15 is 0 Å². The van der Waals surface area contributed by atoms with Gasteiger partial charge in [-0.1, -0.05) is 0 Å². The standard InChI is InChI=1S/C10H13NO6S/c1-16-4-7-8(10(12)13)17-9(11-7)6-2-3-18(14,15)5-6/h6H,2-5H2,1H3,(H,12,13). The minimum atomic E-state index is -3.06. The third kappa shape index (κ3) is 2.54. The quantitative estimate of drug-likeness (QED) is 0.848. The van der Waals surface area contributed by atoms with Crippen molar-refractivity contribution < 1.29 is 27.5 Å². The summed E-state index contributed by atoms with van der Waals surface area (Å²) >= 11 is 0. The van der Waals surface area contributed by atoms with Crippen molar-refractivity contribution in [3.8, 4) is 0 Å². The zero-order chi connectivity index (χ0) is 13.3. The number of methoxy groups -OCH3 is 1. The van der Waals surface area contributed by atoms with E-state index in [2.05, 4.69) is 4.98 Å². The van der Waals surface area contributed by atoms with Crippen LogP contribution in [0.4, 0.5) is 0 Å². The molecule has 1 unspecified atom stereocenters. The number of carboxylic acid groups (broad SMARTS) is 1. The van der Waals surface area contributed by atoms with Crippen LogP contribution in [-0.2, 0) is 21.2 Å². The predicted octanol–water partition coefficient (Wildman–Crippen LogP) is 0.421. The predicted molar refractivity (Wildman–Crippen MR) is 60.2 cm³/mol. The molecule has 1 atom stereocenters. The molecule has 18 heavy (non-hydrogen) atoms. The molecule has 1 aromatic rings. The maximum absolute atomic E-state index is 11.4. The molecule has 0 radical (unpaired) electrons. The Morgan fingerprint density at radius 3 is 2.83 bits per heavy atom. The average Bonchev–Trinajstić information content (AvgIpc) is 2.82. The summed E-state index contributed by atoms with van der Waals surface area (Å²) in [7, 11) is -1.64. The van der Waals surface area contributed by atoms with Gasteiger partial charge in [-0.2, -0.15) is 0 Å². The molecule has 1 fully saturated rings. The molecule has 0 aliphatic carbocycles. The normalized spacial score (nSPS) is 22.2. The molecule has 0 spiro atoms. The lowest BCUT2D eigenvalue weighted by Crippen LogP contribution is -2.04. The van der Waals surface area contributed by atoms with Crippen LogP contribution in [0.3, 0.4) is 0 Å². The first kappa shape index (κ1) is 13.0. The van der Waals surface area contributed by atoms with Crippen LogP contribution in [0.15, 0.2) is 4.42 Å². The number of sulfone groups is 1. The largest absolute Gasteiger partial charge is 0.475 e. The average molecular weight is 275 g/mol. The Labute approximate surface area is 104 Å². The first-order valence-electron chi connectivity index (χ1n) is 5.35. The minimum absolute atomic E-state index is 0.0185. The number of ether oxygens (including phenoxy) is 1. The monoisotopic (exact) mass is 275 g/mol. The van der Waals surface area contributed by atoms with E-state index in [1.807, 2.05) is 0 Å². The molecule has 2 heterocycles. The van der Waals surface area contributed by atoms with E-state index in [0.717, 1.165) is 0 Å². The van der Waals surface area contributed by atoms with Crippen molar-refractivity contribution in [2.24, 2.45) is 0 Å². The second-order valence-electron chi connectivity index (χ2n) is 4.17. The molecule has 7 nitrogen and oxygen atoms in total. The van der Waals surface area contributed by atoms with E-state index in [-0.39, 0.29) is 41.4 Å². The number of hydrogen-bond donors (Lipinski definition) is 1. The summed E-state index contributed by atoms with van der Waals surface area (Å²) < 4.78 is 32.7. The van der Waals surface area contributed by atoms with Gasteiger partial charge in [-0.05, 0) is 6.42 Å². The third-order valence-electron chi connectivity index (χ3n) is 2.77. The summed E-state index contributed by atoms with van der Waals surface area (Å²) in [4.78, 5) is 15.0. The van der Waals surface area contributed by atoms with Gasteiger partial charge in [0.1, 0.15) is 5.69 Å². The highest BCUT2D eigenvalue weighted by Crippen LogP contribution is 2.29. The fraction of sp³-hybridized carbons (Fsp3) is 0.600. The summed E-state index contributed by atoms with van der Waals surface area (Å²) in [5.41, 5.74) is 0.185. The van der Waals surface area contributed by atoms with E-state index in [1.165, 1.54) is 7.11 Å². The van der Waals surface area contributed by atoms with Gasteiger partial charge in [0.25, 0.3) is 0 Å². The van der Waals surface area contributed by atoms with E-state index in [9.17, 15) is 13.2 Å². The van der Waals surface area contributed by atoms with Gasteiger partial charge < -0.3 is 14.3 Å². The van der Waals surface area contributed by atoms with Crippen molar-refractivity contribution in [3.05, 3.63) is 17.3 Å². The van der Waals surface area contributed by atoms with E-state index in [0.29, 0.717) is 6.42 Å². The SMILES string of the molecule is COCc1nc(C2CCS(=O)(=O)C2)oc1C(=O)O. The van der Waals surface area contributed by atoms with Crippen molar-refractivity contribution in [2.45, 2.75) is 18.9 Å². The lowest BCUT2D eigenvalue weighted by molar-refractivity contribution is 0.0653. The molecule has 1 aromatic heterocycles. The molecule has 0 aromatic carbocycles. The number of carboxylic acids is 1. The summed E-state index contributed by atoms with van der Waals surface area (Å²) in [5, 5.41) is 8.94. The number of nitrogens with zero attached hydrogens (tertiary/aromatic N) is 1. The van der Waals surface area contributed by atoms with Crippen LogP contribution in [0.5, 0.6) is 0 Å². The number of rotatable bonds is 4. The van der Waals surface area contributed by atoms with Crippen LogP contribution in [0.2, 0.25) is 0 Å². The van der Waals surface area contributed by atoms with E-state index in [1.54, 1.807) is 0 Å². The summed E-state index contributed by atoms with van der Waals surface area (Å²) in [6.07, 6.45) is 0.411. The highest BCUT2D eigenvalue weighted by molar-refractivity contribution is 7.91. The molecule has 1 aliphatic heterocycles. The second kappa shape index (κ2) is 4.69. The Morgan fingerprint density at radius 1 is 1.61 bits per heavy atom. The van der Waals surface area contributed by atoms with Gasteiger partial charge in [0.05, 0.1) is 24.0 Å². The number of aromatic nitrogens is 1. The Hall–Kier alpha value is -1.41. The van der Waals surface area contributed by atoms with Gasteiger partial charge in [-0.25, -0.2) is 18.2 Å². The molecule has 0 saturated carbocycles. The van der Waals surface area contributed by atoms with Crippen molar-refractivity contribution in [1.29, 1.82) is 0 Å². The Balaban J connectivity index is 2.30. The highest BCUT2D eigenvalue weighted by atomic mass is 32.2. The Morgan fingerprint density at radius 2 is 2.33 bits per heavy atom. The third-order valence-corrected chi connectivity index (χ3v) is 4.54. The van der Waals surface area contributed by atoms with Crippen LogP contribution >= 0.6 is 0 Å². The van der Waals surface area contributed by atoms with Crippen LogP contribution < -0.4 is 0 Å². The fourth-order valence-corrected chi connectivity index (χ4v) is 3.67. The van der Waals surface area contributed by atoms with Crippen LogP contribution in [0.1, 0.15) is 34.5 Å². The smallest absolute Gasteiger partial charge is 0.373 e. The summed E-state index contributed by atoms with van der Waals surface area (Å²) in [5.74, 6) is -1.67. The molecule has 8 heteroatoms. The summed E-state index contributed by atoms with van der Waals surface area (Å²) in [6.45, 7) is 0.0185. The molecular formula is C10H13NO6S. The van der Waals surface area contributed by atoms with Crippen molar-refractivity contribution >= 4 is 15.8 Å². The molecule has 2 rings (SSSR count). The zero-order valence-electron chi connectivity index (χ0n) is 9.75. The van der Waals surface area contributed by atoms with Gasteiger partial charge in [0, 0.05) is 7.11 Å². The van der Waals surface area contributed by atoms with Crippen molar-refractivity contribution in [1.82, 2.24) is 4.98 Å². The van der Waals surface area contributed by atoms with Crippen LogP contribution in [-0.4, -0.2) is 43.1 Å². The number of hydrogen-bond acceptors (Lipinski definition) is 6. The molecule has 100 valence electrons. The van der Waals surface area contributed by atoms with Gasteiger partial charge in [0.15, 0.2) is 15.7 Å². The molecule has 1 saturated heterocycles. The topological polar surface area (TPSA) is 107 Å². The molecule has 0 amide bonds. The van der Waals surface area contributed by atoms with E-state index < -0.39 is 15.8 Å². The van der Waals surface area contributed by atoms with Gasteiger partial charge in [0.2, 0.25) is 5.76 Å². The van der Waals surface area contributed by atoms with Crippen LogP contribution in [0, 0.1) is 0 Å². The van der Waals surface area contributed by atoms with Gasteiger partial charge in [-0.15, -0.1) is 0 Å². The lowest BCUT2D eigenvalue weighted by atomic mass is 10.1. The molecule has 1 N–H and O–H groups in total. The molecular weight excluding hydrogens is 262 g/mol. The Bertz CT molecular complexity index is 561. The second-order valence-corrected chi connectivity index (χ2v) is 6.39. The van der Waals surface area contributed by atoms with E-state index in [4.69, 9.17) is 14.3 Å². The molecule has 0 bridgehead atoms. The Kier molecular flexibility index (Phi) is 3.40. The zero-order valence-corrected chi connectivity index (χ0v) is 10.6. The maximum atomic E-state index is 11.4. The number of aromatic carboxylic acids is 1. The van der Waals surface area contributed by atoms with Crippen LogP contribution in [0.25, 0.3) is 0 Å². The van der Waals surface area contributed by atoms with Gasteiger partial charge >= 0.3 is 5.97 Å². The fourth-order valence-electron chi connectivity index (χ4n) is 1.94. The molecule has 1 aliphatic rings. The van der Waals surface area contributed by atoms with Gasteiger partial charge in [-0.3, -0.25) is 0 Å². The van der Waals surface area contributed by atoms with Crippen molar-refractivity contribution in [2.75, 3.05) is 18.6 Å². The maximum Gasteiger partial charge on any atom is 0.373 e. The number of oxazole rings is 1. The first-order chi connectivity index (χ1) is 8.43. The number of carbonyl (C=O) groups is 1. The van der Waals surface area contributed by atoms with Crippen molar-refractivity contribution in [3.63, 3.8) is 0 Å². The summed E-state index contributed by atoms with van der Waals surface area (Å²) in [6, 6.07) is 0. The first-order valence-corrected chi connectivity index (χ1v) is 7.17. The minimum Gasteiger partial charge on any atom is -0.475 e.